The summed E-state index contributed by atoms with van der Waals surface area (Å²) in [4.78, 5) is 41.7. The molecule has 1 aromatic rings. The van der Waals surface area contributed by atoms with Gasteiger partial charge in [0.25, 0.3) is 5.91 Å². The molecule has 1 aliphatic rings. The number of aliphatic imine (C=N–C) groups is 1. The summed E-state index contributed by atoms with van der Waals surface area (Å²) in [5.41, 5.74) is 1.25. The largest absolute Gasteiger partial charge is 0.352 e. The molecule has 2 N–H and O–H groups in total. The van der Waals surface area contributed by atoms with Gasteiger partial charge in [-0.15, -0.1) is 0 Å². The molecule has 136 valence electrons. The molecule has 5 amide bonds. The summed E-state index contributed by atoms with van der Waals surface area (Å²) in [6.45, 7) is 5.93. The molecule has 0 aliphatic carbocycles. The fourth-order valence-corrected chi connectivity index (χ4v) is 2.85. The van der Waals surface area contributed by atoms with E-state index in [-0.39, 0.29) is 5.91 Å². The van der Waals surface area contributed by atoms with Crippen molar-refractivity contribution in [3.8, 4) is 6.07 Å². The molecule has 0 aromatic heterocycles. The molecule has 2 rings (SSSR count). The van der Waals surface area contributed by atoms with Crippen LogP contribution in [-0.4, -0.2) is 41.7 Å². The van der Waals surface area contributed by atoms with Crippen molar-refractivity contribution in [3.63, 3.8) is 0 Å². The van der Waals surface area contributed by atoms with Gasteiger partial charge in [-0.05, 0) is 38.5 Å². The van der Waals surface area contributed by atoms with Crippen LogP contribution >= 0.6 is 0 Å². The summed E-state index contributed by atoms with van der Waals surface area (Å²) in [7, 11) is 0. The molecule has 0 fully saturated rings. The van der Waals surface area contributed by atoms with Crippen LogP contribution in [-0.2, 0) is 0 Å². The van der Waals surface area contributed by atoms with E-state index >= 15 is 0 Å². The maximum Gasteiger partial charge on any atom is 0.352 e. The standard InChI is InChI=1S/C18H21N5O3/c1-4-20-16(24)13-8-6-7-12(9-13)15-14(10-19)11(3)22-18(26)23(15)17(25)21-5-2/h6-9,14-15H,4-5H2,1-3H3,(H,20,24)(H,21,25). The number of hydrogen-bond donors (Lipinski definition) is 2. The summed E-state index contributed by atoms with van der Waals surface area (Å²) in [6.07, 6.45) is 0. The second-order valence-electron chi connectivity index (χ2n) is 5.78. The lowest BCUT2D eigenvalue weighted by Gasteiger charge is -2.35. The minimum absolute atomic E-state index is 0.264. The predicted octanol–water partition coefficient (Wildman–Crippen LogP) is 2.24. The predicted molar refractivity (Wildman–Crippen MR) is 95.7 cm³/mol. The highest BCUT2D eigenvalue weighted by Gasteiger charge is 2.41. The first-order valence-corrected chi connectivity index (χ1v) is 8.38. The number of carbonyl (C=O) groups excluding carboxylic acids is 3. The lowest BCUT2D eigenvalue weighted by atomic mass is 9.87. The minimum Gasteiger partial charge on any atom is -0.352 e. The van der Waals surface area contributed by atoms with E-state index in [9.17, 15) is 19.6 Å². The van der Waals surface area contributed by atoms with Gasteiger partial charge >= 0.3 is 12.1 Å². The Morgan fingerprint density at radius 1 is 1.27 bits per heavy atom. The van der Waals surface area contributed by atoms with Crippen LogP contribution in [0.2, 0.25) is 0 Å². The molecule has 0 spiro atoms. The van der Waals surface area contributed by atoms with Crippen molar-refractivity contribution in [1.82, 2.24) is 15.5 Å². The monoisotopic (exact) mass is 355 g/mol. The van der Waals surface area contributed by atoms with Gasteiger partial charge in [-0.3, -0.25) is 4.79 Å². The Morgan fingerprint density at radius 3 is 2.58 bits per heavy atom. The molecule has 2 atom stereocenters. The van der Waals surface area contributed by atoms with Crippen molar-refractivity contribution in [3.05, 3.63) is 35.4 Å². The summed E-state index contributed by atoms with van der Waals surface area (Å²) >= 11 is 0. The third kappa shape index (κ3) is 3.72. The number of urea groups is 2. The molecule has 0 bridgehead atoms. The van der Waals surface area contributed by atoms with Gasteiger partial charge in [0.15, 0.2) is 0 Å². The first kappa shape index (κ1) is 19.1. The number of benzene rings is 1. The quantitative estimate of drug-likeness (QED) is 0.862. The molecule has 2 unspecified atom stereocenters. The summed E-state index contributed by atoms with van der Waals surface area (Å²) in [6, 6.07) is 6.50. The molecule has 0 saturated carbocycles. The first-order chi connectivity index (χ1) is 12.4. The Hall–Kier alpha value is -3.21. The van der Waals surface area contributed by atoms with Crippen LogP contribution in [0.3, 0.4) is 0 Å². The maximum absolute atomic E-state index is 12.4. The molecule has 8 nitrogen and oxygen atoms in total. The summed E-state index contributed by atoms with van der Waals surface area (Å²) in [5.74, 6) is -1.06. The molecular weight excluding hydrogens is 334 g/mol. The second-order valence-corrected chi connectivity index (χ2v) is 5.78. The van der Waals surface area contributed by atoms with Crippen molar-refractivity contribution in [2.45, 2.75) is 26.8 Å². The van der Waals surface area contributed by atoms with Gasteiger partial charge in [0.05, 0.1) is 12.1 Å². The number of nitriles is 1. The van der Waals surface area contributed by atoms with Gasteiger partial charge in [-0.2, -0.15) is 5.26 Å². The van der Waals surface area contributed by atoms with E-state index in [1.54, 1.807) is 38.1 Å². The molecule has 1 heterocycles. The van der Waals surface area contributed by atoms with Gasteiger partial charge in [-0.25, -0.2) is 19.5 Å². The van der Waals surface area contributed by atoms with Crippen LogP contribution < -0.4 is 10.6 Å². The van der Waals surface area contributed by atoms with Crippen LogP contribution in [0.15, 0.2) is 29.3 Å². The number of rotatable bonds is 4. The van der Waals surface area contributed by atoms with Gasteiger partial charge in [0.1, 0.15) is 5.92 Å². The first-order valence-electron chi connectivity index (χ1n) is 8.38. The Balaban J connectivity index is 2.54. The average Bonchev–Trinajstić information content (AvgIpc) is 2.61. The lowest BCUT2D eigenvalue weighted by Crippen LogP contribution is -2.50. The van der Waals surface area contributed by atoms with Crippen LogP contribution in [0.1, 0.15) is 42.7 Å². The van der Waals surface area contributed by atoms with E-state index in [2.05, 4.69) is 21.7 Å². The van der Waals surface area contributed by atoms with Crippen molar-refractivity contribution in [1.29, 1.82) is 5.26 Å². The SMILES string of the molecule is CCNC(=O)c1cccc(C2C(C#N)C(C)=NC(=O)N2C(=O)NCC)c1. The zero-order chi connectivity index (χ0) is 19.3. The average molecular weight is 355 g/mol. The zero-order valence-electron chi connectivity index (χ0n) is 14.9. The fraction of sp³-hybridized carbons (Fsp3) is 0.389. The minimum atomic E-state index is -0.856. The number of nitrogens with zero attached hydrogens (tertiary/aromatic N) is 3. The second kappa shape index (κ2) is 8.25. The van der Waals surface area contributed by atoms with Crippen LogP contribution in [0.5, 0.6) is 0 Å². The molecule has 0 radical (unpaired) electrons. The van der Waals surface area contributed by atoms with Crippen molar-refractivity contribution < 1.29 is 14.4 Å². The smallest absolute Gasteiger partial charge is 0.352 e. The molecule has 0 saturated heterocycles. The van der Waals surface area contributed by atoms with E-state index in [1.807, 2.05) is 6.92 Å². The van der Waals surface area contributed by atoms with E-state index in [0.717, 1.165) is 4.90 Å². The van der Waals surface area contributed by atoms with Gasteiger partial charge in [0, 0.05) is 24.4 Å². The third-order valence-electron chi connectivity index (χ3n) is 4.04. The van der Waals surface area contributed by atoms with E-state index < -0.39 is 24.0 Å². The third-order valence-corrected chi connectivity index (χ3v) is 4.04. The van der Waals surface area contributed by atoms with Crippen molar-refractivity contribution in [2.24, 2.45) is 10.9 Å². The highest BCUT2D eigenvalue weighted by atomic mass is 16.2. The van der Waals surface area contributed by atoms with E-state index in [4.69, 9.17) is 0 Å². The molecular formula is C18H21N5O3. The number of amides is 5. The fourth-order valence-electron chi connectivity index (χ4n) is 2.85. The topological polar surface area (TPSA) is 115 Å². The molecule has 1 aromatic carbocycles. The van der Waals surface area contributed by atoms with Crippen LogP contribution in [0.25, 0.3) is 0 Å². The maximum atomic E-state index is 12.4. The molecule has 26 heavy (non-hydrogen) atoms. The number of hydrogen-bond acceptors (Lipinski definition) is 4. The van der Waals surface area contributed by atoms with Crippen LogP contribution in [0.4, 0.5) is 9.59 Å². The van der Waals surface area contributed by atoms with Crippen LogP contribution in [0, 0.1) is 17.2 Å². The lowest BCUT2D eigenvalue weighted by molar-refractivity contribution is 0.0955. The highest BCUT2D eigenvalue weighted by Crippen LogP contribution is 2.34. The Bertz CT molecular complexity index is 796. The summed E-state index contributed by atoms with van der Waals surface area (Å²) in [5, 5.41) is 14.9. The van der Waals surface area contributed by atoms with E-state index in [1.165, 1.54) is 0 Å². The Labute approximate surface area is 151 Å². The Kier molecular flexibility index (Phi) is 6.07. The Morgan fingerprint density at radius 2 is 1.96 bits per heavy atom. The van der Waals surface area contributed by atoms with Gasteiger partial charge in [0.2, 0.25) is 0 Å². The van der Waals surface area contributed by atoms with E-state index in [0.29, 0.717) is 29.9 Å². The number of imide groups is 1. The van der Waals surface area contributed by atoms with Crippen molar-refractivity contribution in [2.75, 3.05) is 13.1 Å². The highest BCUT2D eigenvalue weighted by molar-refractivity contribution is 6.05. The zero-order valence-corrected chi connectivity index (χ0v) is 14.9. The molecule has 8 heteroatoms. The van der Waals surface area contributed by atoms with Crippen molar-refractivity contribution >= 4 is 23.7 Å². The number of carbonyl (C=O) groups is 3. The van der Waals surface area contributed by atoms with Gasteiger partial charge < -0.3 is 10.6 Å². The number of nitrogens with one attached hydrogen (secondary N) is 2. The van der Waals surface area contributed by atoms with Gasteiger partial charge in [-0.1, -0.05) is 12.1 Å². The molecule has 1 aliphatic heterocycles. The summed E-state index contributed by atoms with van der Waals surface area (Å²) < 4.78 is 0. The normalized spacial score (nSPS) is 19.4.